The van der Waals surface area contributed by atoms with Gasteiger partial charge in [-0.2, -0.15) is 0 Å². The maximum atomic E-state index is 11.8. The van der Waals surface area contributed by atoms with E-state index in [2.05, 4.69) is 5.32 Å². The molecule has 0 atom stereocenters. The number of nitrogens with two attached hydrogens (primary N) is 1. The number of nitrogens with one attached hydrogen (secondary N) is 1. The van der Waals surface area contributed by atoms with E-state index in [1.54, 1.807) is 18.4 Å². The number of carboxylic acids is 1. The Bertz CT molecular complexity index is 620. The van der Waals surface area contributed by atoms with Crippen LogP contribution in [-0.2, 0) is 11.2 Å². The van der Waals surface area contributed by atoms with Crippen molar-refractivity contribution in [3.63, 3.8) is 0 Å². The van der Waals surface area contributed by atoms with Gasteiger partial charge in [0.2, 0.25) is 5.91 Å². The van der Waals surface area contributed by atoms with Crippen LogP contribution in [0.2, 0.25) is 0 Å². The Morgan fingerprint density at radius 1 is 1.30 bits per heavy atom. The van der Waals surface area contributed by atoms with Crippen molar-refractivity contribution in [2.45, 2.75) is 12.8 Å². The van der Waals surface area contributed by atoms with Crippen LogP contribution in [0.3, 0.4) is 0 Å². The first-order valence-electron chi connectivity index (χ1n) is 6.01. The van der Waals surface area contributed by atoms with Crippen molar-refractivity contribution in [1.29, 1.82) is 0 Å². The molecule has 1 amide bonds. The third kappa shape index (κ3) is 3.38. The molecule has 2 rings (SSSR count). The number of hydrogen-bond donors (Lipinski definition) is 3. The first kappa shape index (κ1) is 13.7. The van der Waals surface area contributed by atoms with E-state index in [0.717, 1.165) is 5.76 Å². The average molecular weight is 274 g/mol. The molecule has 1 heterocycles. The Labute approximate surface area is 115 Å². The van der Waals surface area contributed by atoms with E-state index in [0.29, 0.717) is 12.1 Å². The van der Waals surface area contributed by atoms with Crippen LogP contribution in [0, 0.1) is 0 Å². The highest BCUT2D eigenvalue weighted by Gasteiger charge is 2.09. The molecule has 6 nitrogen and oxygen atoms in total. The van der Waals surface area contributed by atoms with E-state index in [1.807, 2.05) is 0 Å². The van der Waals surface area contributed by atoms with Crippen molar-refractivity contribution >= 4 is 23.3 Å². The lowest BCUT2D eigenvalue weighted by Gasteiger charge is -2.08. The van der Waals surface area contributed by atoms with Crippen molar-refractivity contribution < 1.29 is 19.1 Å². The van der Waals surface area contributed by atoms with Crippen LogP contribution in [0.25, 0.3) is 0 Å². The molecule has 1 aromatic carbocycles. The molecule has 0 aliphatic rings. The van der Waals surface area contributed by atoms with Crippen molar-refractivity contribution in [3.05, 3.63) is 47.9 Å². The summed E-state index contributed by atoms with van der Waals surface area (Å²) in [5.41, 5.74) is 6.40. The molecule has 2 aromatic rings. The molecule has 0 fully saturated rings. The number of aromatic carboxylic acids is 1. The first-order chi connectivity index (χ1) is 9.56. The van der Waals surface area contributed by atoms with Gasteiger partial charge in [-0.05, 0) is 30.3 Å². The van der Waals surface area contributed by atoms with E-state index in [1.165, 1.54) is 18.2 Å². The summed E-state index contributed by atoms with van der Waals surface area (Å²) in [5.74, 6) is -0.544. The number of carbonyl (C=O) groups is 2. The molecule has 0 spiro atoms. The topological polar surface area (TPSA) is 106 Å². The highest BCUT2D eigenvalue weighted by Crippen LogP contribution is 2.20. The largest absolute Gasteiger partial charge is 0.478 e. The highest BCUT2D eigenvalue weighted by molar-refractivity contribution is 5.96. The zero-order chi connectivity index (χ0) is 14.5. The van der Waals surface area contributed by atoms with Crippen LogP contribution < -0.4 is 11.1 Å². The molecule has 0 radical (unpaired) electrons. The van der Waals surface area contributed by atoms with Gasteiger partial charge in [0.05, 0.1) is 23.2 Å². The SMILES string of the molecule is Nc1cc(C(=O)O)ccc1NC(=O)CCc1ccco1. The number of furan rings is 1. The molecule has 6 heteroatoms. The summed E-state index contributed by atoms with van der Waals surface area (Å²) in [6.45, 7) is 0. The summed E-state index contributed by atoms with van der Waals surface area (Å²) < 4.78 is 5.13. The van der Waals surface area contributed by atoms with Crippen LogP contribution in [-0.4, -0.2) is 17.0 Å². The zero-order valence-corrected chi connectivity index (χ0v) is 10.6. The van der Waals surface area contributed by atoms with E-state index in [-0.39, 0.29) is 23.6 Å². The van der Waals surface area contributed by atoms with Gasteiger partial charge in [-0.3, -0.25) is 4.79 Å². The van der Waals surface area contributed by atoms with Gasteiger partial charge in [0, 0.05) is 12.8 Å². The van der Waals surface area contributed by atoms with E-state index in [9.17, 15) is 9.59 Å². The van der Waals surface area contributed by atoms with Gasteiger partial charge in [-0.1, -0.05) is 0 Å². The van der Waals surface area contributed by atoms with Gasteiger partial charge in [-0.15, -0.1) is 0 Å². The number of hydrogen-bond acceptors (Lipinski definition) is 4. The number of carboxylic acid groups (broad SMARTS) is 1. The maximum absolute atomic E-state index is 11.8. The smallest absolute Gasteiger partial charge is 0.335 e. The van der Waals surface area contributed by atoms with Gasteiger partial charge >= 0.3 is 5.97 Å². The Balaban J connectivity index is 1.95. The summed E-state index contributed by atoms with van der Waals surface area (Å²) in [5, 5.41) is 11.5. The summed E-state index contributed by atoms with van der Waals surface area (Å²) in [6, 6.07) is 7.73. The molecule has 0 bridgehead atoms. The summed E-state index contributed by atoms with van der Waals surface area (Å²) in [7, 11) is 0. The van der Waals surface area contributed by atoms with Crippen molar-refractivity contribution in [3.8, 4) is 0 Å². The second-order valence-corrected chi connectivity index (χ2v) is 4.23. The highest BCUT2D eigenvalue weighted by atomic mass is 16.4. The Hall–Kier alpha value is -2.76. The van der Waals surface area contributed by atoms with Crippen LogP contribution >= 0.6 is 0 Å². The third-order valence-corrected chi connectivity index (χ3v) is 2.75. The Kier molecular flexibility index (Phi) is 4.05. The molecule has 0 aliphatic heterocycles. The first-order valence-corrected chi connectivity index (χ1v) is 6.01. The quantitative estimate of drug-likeness (QED) is 0.724. The van der Waals surface area contributed by atoms with E-state index < -0.39 is 5.97 Å². The summed E-state index contributed by atoms with van der Waals surface area (Å²) in [4.78, 5) is 22.5. The van der Waals surface area contributed by atoms with Crippen LogP contribution in [0.1, 0.15) is 22.5 Å². The minimum atomic E-state index is -1.06. The van der Waals surface area contributed by atoms with E-state index in [4.69, 9.17) is 15.3 Å². The molecule has 0 aliphatic carbocycles. The summed E-state index contributed by atoms with van der Waals surface area (Å²) >= 11 is 0. The number of rotatable bonds is 5. The molecule has 20 heavy (non-hydrogen) atoms. The number of anilines is 2. The Morgan fingerprint density at radius 2 is 2.10 bits per heavy atom. The molecule has 0 saturated heterocycles. The lowest BCUT2D eigenvalue weighted by Crippen LogP contribution is -2.14. The second-order valence-electron chi connectivity index (χ2n) is 4.23. The van der Waals surface area contributed by atoms with Crippen molar-refractivity contribution in [2.75, 3.05) is 11.1 Å². The fraction of sp³-hybridized carbons (Fsp3) is 0.143. The maximum Gasteiger partial charge on any atom is 0.335 e. The standard InChI is InChI=1S/C14H14N2O4/c15-11-8-9(14(18)19)3-5-12(11)16-13(17)6-4-10-2-1-7-20-10/h1-3,5,7-8H,4,6,15H2,(H,16,17)(H,18,19). The third-order valence-electron chi connectivity index (χ3n) is 2.75. The molecular formula is C14H14N2O4. The molecule has 4 N–H and O–H groups in total. The molecule has 0 saturated carbocycles. The van der Waals surface area contributed by atoms with Gasteiger partial charge in [-0.25, -0.2) is 4.79 Å². The Morgan fingerprint density at radius 3 is 2.70 bits per heavy atom. The molecule has 1 aromatic heterocycles. The van der Waals surface area contributed by atoms with Gasteiger partial charge < -0.3 is 20.6 Å². The monoisotopic (exact) mass is 274 g/mol. The molecular weight excluding hydrogens is 260 g/mol. The predicted octanol–water partition coefficient (Wildman–Crippen LogP) is 2.13. The average Bonchev–Trinajstić information content (AvgIpc) is 2.91. The minimum absolute atomic E-state index is 0.0797. The molecule has 0 unspecified atom stereocenters. The minimum Gasteiger partial charge on any atom is -0.478 e. The molecule has 104 valence electrons. The van der Waals surface area contributed by atoms with Crippen LogP contribution in [0.5, 0.6) is 0 Å². The lowest BCUT2D eigenvalue weighted by atomic mass is 10.1. The number of aryl methyl sites for hydroxylation is 1. The number of carbonyl (C=O) groups excluding carboxylic acids is 1. The normalized spacial score (nSPS) is 10.2. The van der Waals surface area contributed by atoms with Crippen molar-refractivity contribution in [2.24, 2.45) is 0 Å². The predicted molar refractivity (Wildman–Crippen MR) is 73.5 cm³/mol. The second kappa shape index (κ2) is 5.92. The van der Waals surface area contributed by atoms with E-state index >= 15 is 0 Å². The number of nitrogen functional groups attached to an aromatic ring is 1. The van der Waals surface area contributed by atoms with Crippen LogP contribution in [0.4, 0.5) is 11.4 Å². The number of amides is 1. The fourth-order valence-corrected chi connectivity index (χ4v) is 1.71. The fourth-order valence-electron chi connectivity index (χ4n) is 1.71. The zero-order valence-electron chi connectivity index (χ0n) is 10.6. The van der Waals surface area contributed by atoms with Gasteiger partial charge in [0.25, 0.3) is 0 Å². The number of benzene rings is 1. The van der Waals surface area contributed by atoms with Crippen molar-refractivity contribution in [1.82, 2.24) is 0 Å². The van der Waals surface area contributed by atoms with Gasteiger partial charge in [0.1, 0.15) is 5.76 Å². The van der Waals surface area contributed by atoms with Crippen LogP contribution in [0.15, 0.2) is 41.0 Å². The summed E-state index contributed by atoms with van der Waals surface area (Å²) in [6.07, 6.45) is 2.30. The van der Waals surface area contributed by atoms with Gasteiger partial charge in [0.15, 0.2) is 0 Å². The lowest BCUT2D eigenvalue weighted by molar-refractivity contribution is -0.116.